The zero-order valence-electron chi connectivity index (χ0n) is 12.7. The number of thiocarbonyl (C=S) groups is 1. The Bertz CT molecular complexity index is 792. The molecule has 124 valence electrons. The lowest BCUT2D eigenvalue weighted by molar-refractivity contribution is 0.602. The van der Waals surface area contributed by atoms with Crippen LogP contribution in [0.1, 0.15) is 5.56 Å². The van der Waals surface area contributed by atoms with Gasteiger partial charge in [-0.25, -0.2) is 8.42 Å². The van der Waals surface area contributed by atoms with E-state index in [9.17, 15) is 8.42 Å². The minimum atomic E-state index is -3.33. The Morgan fingerprint density at radius 3 is 2.30 bits per heavy atom. The summed E-state index contributed by atoms with van der Waals surface area (Å²) in [6.45, 7) is 0. The van der Waals surface area contributed by atoms with Gasteiger partial charge >= 0.3 is 0 Å². The van der Waals surface area contributed by atoms with Gasteiger partial charge in [0.15, 0.2) is 9.84 Å². The standard InChI is InChI=1S/C16H17NO2S3.ClH/c1-21-16(17)15(20)12-8-9-14(22(2,18)19)13(10-12)11-6-4-3-5-7-11;/h3-10,16H,17H2,1-2H3;1H. The van der Waals surface area contributed by atoms with Crippen molar-refractivity contribution in [3.05, 3.63) is 54.1 Å². The van der Waals surface area contributed by atoms with Crippen LogP contribution >= 0.6 is 36.4 Å². The SMILES string of the molecule is CSC(N)C(=S)c1ccc(S(C)(=O)=O)c(-c2ccccc2)c1.Cl. The molecule has 0 bridgehead atoms. The molecule has 0 saturated heterocycles. The molecule has 23 heavy (non-hydrogen) atoms. The molecule has 0 aromatic heterocycles. The van der Waals surface area contributed by atoms with Crippen LogP contribution < -0.4 is 5.73 Å². The lowest BCUT2D eigenvalue weighted by Crippen LogP contribution is -2.25. The molecule has 1 unspecified atom stereocenters. The smallest absolute Gasteiger partial charge is 0.176 e. The van der Waals surface area contributed by atoms with Crippen LogP contribution in [-0.2, 0) is 9.84 Å². The van der Waals surface area contributed by atoms with Gasteiger partial charge in [-0.1, -0.05) is 48.6 Å². The van der Waals surface area contributed by atoms with E-state index in [1.54, 1.807) is 12.1 Å². The van der Waals surface area contributed by atoms with Crippen molar-refractivity contribution in [3.8, 4) is 11.1 Å². The second kappa shape index (κ2) is 8.26. The predicted molar refractivity (Wildman–Crippen MR) is 105 cm³/mol. The number of hydrogen-bond donors (Lipinski definition) is 1. The molecule has 0 amide bonds. The summed E-state index contributed by atoms with van der Waals surface area (Å²) in [6.07, 6.45) is 3.10. The maximum absolute atomic E-state index is 12.0. The van der Waals surface area contributed by atoms with Crippen molar-refractivity contribution in [1.29, 1.82) is 0 Å². The lowest BCUT2D eigenvalue weighted by atomic mass is 10.0. The molecule has 2 aromatic rings. The van der Waals surface area contributed by atoms with Crippen LogP contribution in [0.4, 0.5) is 0 Å². The van der Waals surface area contributed by atoms with E-state index in [0.717, 1.165) is 11.1 Å². The third-order valence-corrected chi connectivity index (χ3v) is 5.80. The Labute approximate surface area is 153 Å². The highest BCUT2D eigenvalue weighted by atomic mass is 35.5. The van der Waals surface area contributed by atoms with E-state index in [1.165, 1.54) is 18.0 Å². The van der Waals surface area contributed by atoms with Crippen molar-refractivity contribution in [2.75, 3.05) is 12.5 Å². The predicted octanol–water partition coefficient (Wildman–Crippen LogP) is 3.54. The van der Waals surface area contributed by atoms with E-state index in [4.69, 9.17) is 18.0 Å². The van der Waals surface area contributed by atoms with Crippen molar-refractivity contribution < 1.29 is 8.42 Å². The fourth-order valence-electron chi connectivity index (χ4n) is 2.12. The number of halogens is 1. The first-order chi connectivity index (χ1) is 10.3. The number of rotatable bonds is 5. The third kappa shape index (κ3) is 4.78. The Morgan fingerprint density at radius 2 is 1.78 bits per heavy atom. The molecule has 0 heterocycles. The fraction of sp³-hybridized carbons (Fsp3) is 0.188. The highest BCUT2D eigenvalue weighted by molar-refractivity contribution is 8.01. The Balaban J connectivity index is 0.00000264. The Hall–Kier alpha value is -0.920. The highest BCUT2D eigenvalue weighted by Gasteiger charge is 2.18. The second-order valence-electron chi connectivity index (χ2n) is 4.87. The van der Waals surface area contributed by atoms with Crippen LogP contribution in [0.2, 0.25) is 0 Å². The molecule has 2 rings (SSSR count). The molecule has 0 fully saturated rings. The number of hydrogen-bond acceptors (Lipinski definition) is 5. The molecule has 0 aliphatic rings. The van der Waals surface area contributed by atoms with Crippen molar-refractivity contribution in [1.82, 2.24) is 0 Å². The number of benzene rings is 2. The second-order valence-corrected chi connectivity index (χ2v) is 8.27. The molecular formula is C16H18ClNO2S3. The van der Waals surface area contributed by atoms with Gasteiger partial charge in [0.2, 0.25) is 0 Å². The van der Waals surface area contributed by atoms with Crippen molar-refractivity contribution in [2.45, 2.75) is 10.3 Å². The molecule has 0 spiro atoms. The van der Waals surface area contributed by atoms with Crippen LogP contribution in [0.5, 0.6) is 0 Å². The van der Waals surface area contributed by atoms with Gasteiger partial charge in [0.1, 0.15) is 0 Å². The quantitative estimate of drug-likeness (QED) is 0.483. The Morgan fingerprint density at radius 1 is 1.17 bits per heavy atom. The molecule has 0 aliphatic carbocycles. The van der Waals surface area contributed by atoms with E-state index in [1.807, 2.05) is 42.7 Å². The third-order valence-electron chi connectivity index (χ3n) is 3.26. The van der Waals surface area contributed by atoms with Gasteiger partial charge < -0.3 is 5.73 Å². The minimum absolute atomic E-state index is 0. The van der Waals surface area contributed by atoms with Crippen LogP contribution in [0.25, 0.3) is 11.1 Å². The van der Waals surface area contributed by atoms with Gasteiger partial charge in [0.05, 0.1) is 10.3 Å². The summed E-state index contributed by atoms with van der Waals surface area (Å²) in [5.74, 6) is 0. The average Bonchev–Trinajstić information content (AvgIpc) is 2.52. The van der Waals surface area contributed by atoms with Crippen molar-refractivity contribution >= 4 is 51.1 Å². The summed E-state index contributed by atoms with van der Waals surface area (Å²) in [6, 6.07) is 14.5. The summed E-state index contributed by atoms with van der Waals surface area (Å²) in [5, 5.41) is -0.289. The van der Waals surface area contributed by atoms with Crippen LogP contribution in [0.3, 0.4) is 0 Å². The molecule has 0 radical (unpaired) electrons. The first-order valence-electron chi connectivity index (χ1n) is 6.56. The van der Waals surface area contributed by atoms with Gasteiger partial charge in [-0.2, -0.15) is 0 Å². The maximum Gasteiger partial charge on any atom is 0.176 e. The maximum atomic E-state index is 12.0. The average molecular weight is 388 g/mol. The lowest BCUT2D eigenvalue weighted by Gasteiger charge is -2.14. The van der Waals surface area contributed by atoms with E-state index in [0.29, 0.717) is 15.3 Å². The van der Waals surface area contributed by atoms with Crippen molar-refractivity contribution in [3.63, 3.8) is 0 Å². The normalized spacial score (nSPS) is 12.3. The molecule has 2 N–H and O–H groups in total. The van der Waals surface area contributed by atoms with Gasteiger partial charge in [0, 0.05) is 16.7 Å². The molecular weight excluding hydrogens is 370 g/mol. The van der Waals surface area contributed by atoms with Gasteiger partial charge in [-0.15, -0.1) is 24.2 Å². The van der Waals surface area contributed by atoms with E-state index in [-0.39, 0.29) is 17.8 Å². The largest absolute Gasteiger partial charge is 0.315 e. The molecule has 3 nitrogen and oxygen atoms in total. The molecule has 1 atom stereocenters. The summed E-state index contributed by atoms with van der Waals surface area (Å²) < 4.78 is 24.1. The number of thioether (sulfide) groups is 1. The van der Waals surface area contributed by atoms with Crippen molar-refractivity contribution in [2.24, 2.45) is 5.73 Å². The number of sulfone groups is 1. The summed E-state index contributed by atoms with van der Waals surface area (Å²) in [4.78, 5) is 0.910. The number of nitrogens with two attached hydrogens (primary N) is 1. The zero-order chi connectivity index (χ0) is 16.3. The van der Waals surface area contributed by atoms with Gasteiger partial charge in [-0.3, -0.25) is 0 Å². The summed E-state index contributed by atoms with van der Waals surface area (Å²) in [7, 11) is -3.33. The fourth-order valence-corrected chi connectivity index (χ4v) is 3.78. The highest BCUT2D eigenvalue weighted by Crippen LogP contribution is 2.29. The molecule has 0 saturated carbocycles. The molecule has 2 aromatic carbocycles. The van der Waals surface area contributed by atoms with Crippen LogP contribution in [0.15, 0.2) is 53.4 Å². The first kappa shape index (κ1) is 20.1. The van der Waals surface area contributed by atoms with Crippen LogP contribution in [-0.4, -0.2) is 31.2 Å². The monoisotopic (exact) mass is 387 g/mol. The van der Waals surface area contributed by atoms with E-state index >= 15 is 0 Å². The topological polar surface area (TPSA) is 60.2 Å². The molecule has 7 heteroatoms. The summed E-state index contributed by atoms with van der Waals surface area (Å²) in [5.41, 5.74) is 8.23. The zero-order valence-corrected chi connectivity index (χ0v) is 16.0. The van der Waals surface area contributed by atoms with Crippen LogP contribution in [0, 0.1) is 0 Å². The Kier molecular flexibility index (Phi) is 7.23. The van der Waals surface area contributed by atoms with Gasteiger partial charge in [-0.05, 0) is 29.5 Å². The van der Waals surface area contributed by atoms with Gasteiger partial charge in [0.25, 0.3) is 0 Å². The minimum Gasteiger partial charge on any atom is -0.315 e. The van der Waals surface area contributed by atoms with E-state index < -0.39 is 9.84 Å². The molecule has 0 aliphatic heterocycles. The first-order valence-corrected chi connectivity index (χ1v) is 10.2. The summed E-state index contributed by atoms with van der Waals surface area (Å²) >= 11 is 6.85. The van der Waals surface area contributed by atoms with E-state index in [2.05, 4.69) is 0 Å².